The zero-order valence-electron chi connectivity index (χ0n) is 13.3. The lowest BCUT2D eigenvalue weighted by Gasteiger charge is -2.18. The number of nitrogens with one attached hydrogen (secondary N) is 1. The molecule has 2 amide bonds. The highest BCUT2D eigenvalue weighted by Crippen LogP contribution is 2.19. The summed E-state index contributed by atoms with van der Waals surface area (Å²) >= 11 is 0. The molecule has 2 aromatic carbocycles. The Balaban J connectivity index is 2.03. The van der Waals surface area contributed by atoms with Crippen molar-refractivity contribution in [1.82, 2.24) is 5.32 Å². The van der Waals surface area contributed by atoms with Crippen molar-refractivity contribution in [3.63, 3.8) is 0 Å². The second kappa shape index (κ2) is 7.98. The number of anilines is 1. The number of carbonyl (C=O) groups is 2. The van der Waals surface area contributed by atoms with Crippen LogP contribution in [0.5, 0.6) is 0 Å². The number of para-hydroxylation sites is 1. The maximum Gasteiger partial charge on any atom is 0.413 e. The molecule has 0 aliphatic carbocycles. The van der Waals surface area contributed by atoms with Gasteiger partial charge in [-0.05, 0) is 24.1 Å². The van der Waals surface area contributed by atoms with Crippen LogP contribution in [0.15, 0.2) is 54.6 Å². The number of methoxy groups -OCH3 is 1. The highest BCUT2D eigenvalue weighted by molar-refractivity contribution is 6.03. The minimum Gasteiger partial charge on any atom is -0.452 e. The van der Waals surface area contributed by atoms with Crippen LogP contribution in [0.1, 0.15) is 15.9 Å². The van der Waals surface area contributed by atoms with Crippen LogP contribution in [-0.4, -0.2) is 32.7 Å². The fourth-order valence-corrected chi connectivity index (χ4v) is 2.25. The minimum atomic E-state index is -0.519. The molecule has 0 aromatic heterocycles. The number of carbonyl (C=O) groups excluding carboxylic acids is 2. The molecule has 5 nitrogen and oxygen atoms in total. The predicted molar refractivity (Wildman–Crippen MR) is 89.7 cm³/mol. The monoisotopic (exact) mass is 312 g/mol. The van der Waals surface area contributed by atoms with Crippen LogP contribution >= 0.6 is 0 Å². The second-order valence-corrected chi connectivity index (χ2v) is 5.04. The Kier molecular flexibility index (Phi) is 5.74. The molecule has 0 aliphatic heterocycles. The summed E-state index contributed by atoms with van der Waals surface area (Å²) in [5.41, 5.74) is 2.11. The normalized spacial score (nSPS) is 10.0. The standard InChI is InChI=1S/C18H20N2O3/c1-20(18(22)23-2)16-11-7-6-10-15(16)17(21)19-13-12-14-8-4-3-5-9-14/h3-11H,12-13H2,1-2H3,(H,19,21). The van der Waals surface area contributed by atoms with Crippen LogP contribution in [0, 0.1) is 0 Å². The number of hydrogen-bond donors (Lipinski definition) is 1. The summed E-state index contributed by atoms with van der Waals surface area (Å²) in [5.74, 6) is -0.215. The van der Waals surface area contributed by atoms with E-state index in [1.165, 1.54) is 12.0 Å². The van der Waals surface area contributed by atoms with Gasteiger partial charge in [-0.1, -0.05) is 42.5 Å². The summed E-state index contributed by atoms with van der Waals surface area (Å²) in [7, 11) is 2.88. The van der Waals surface area contributed by atoms with Crippen molar-refractivity contribution in [2.75, 3.05) is 25.6 Å². The van der Waals surface area contributed by atoms with Gasteiger partial charge in [-0.25, -0.2) is 4.79 Å². The number of rotatable bonds is 5. The molecule has 120 valence electrons. The number of hydrogen-bond acceptors (Lipinski definition) is 3. The first kappa shape index (κ1) is 16.5. The first-order valence-corrected chi connectivity index (χ1v) is 7.36. The minimum absolute atomic E-state index is 0.215. The highest BCUT2D eigenvalue weighted by atomic mass is 16.5. The number of benzene rings is 2. The van der Waals surface area contributed by atoms with Gasteiger partial charge < -0.3 is 10.1 Å². The van der Waals surface area contributed by atoms with E-state index in [1.807, 2.05) is 30.3 Å². The molecule has 0 radical (unpaired) electrons. The van der Waals surface area contributed by atoms with Crippen molar-refractivity contribution >= 4 is 17.7 Å². The third-order valence-corrected chi connectivity index (χ3v) is 3.50. The molecule has 0 saturated carbocycles. The van der Waals surface area contributed by atoms with E-state index in [9.17, 15) is 9.59 Å². The fraction of sp³-hybridized carbons (Fsp3) is 0.222. The summed E-state index contributed by atoms with van der Waals surface area (Å²) in [6.45, 7) is 0.527. The molecular formula is C18H20N2O3. The summed E-state index contributed by atoms with van der Waals surface area (Å²) in [6.07, 6.45) is 0.233. The van der Waals surface area contributed by atoms with E-state index in [-0.39, 0.29) is 5.91 Å². The molecule has 0 spiro atoms. The van der Waals surface area contributed by atoms with Crippen LogP contribution in [0.2, 0.25) is 0 Å². The summed E-state index contributed by atoms with van der Waals surface area (Å²) in [4.78, 5) is 25.4. The molecule has 0 atom stereocenters. The SMILES string of the molecule is COC(=O)N(C)c1ccccc1C(=O)NCCc1ccccc1. The van der Waals surface area contributed by atoms with Gasteiger partial charge in [0.1, 0.15) is 0 Å². The van der Waals surface area contributed by atoms with Gasteiger partial charge in [-0.15, -0.1) is 0 Å². The van der Waals surface area contributed by atoms with Crippen LogP contribution < -0.4 is 10.2 Å². The van der Waals surface area contributed by atoms with Crippen molar-refractivity contribution in [2.45, 2.75) is 6.42 Å². The molecule has 0 bridgehead atoms. The van der Waals surface area contributed by atoms with Gasteiger partial charge in [0.25, 0.3) is 5.91 Å². The Hall–Kier alpha value is -2.82. The van der Waals surface area contributed by atoms with Gasteiger partial charge in [0.15, 0.2) is 0 Å². The van der Waals surface area contributed by atoms with E-state index in [0.29, 0.717) is 17.8 Å². The van der Waals surface area contributed by atoms with E-state index >= 15 is 0 Å². The van der Waals surface area contributed by atoms with Crippen LogP contribution in [0.25, 0.3) is 0 Å². The zero-order valence-corrected chi connectivity index (χ0v) is 13.3. The summed E-state index contributed by atoms with van der Waals surface area (Å²) in [6, 6.07) is 16.9. The van der Waals surface area contributed by atoms with Crippen molar-refractivity contribution in [2.24, 2.45) is 0 Å². The van der Waals surface area contributed by atoms with Crippen molar-refractivity contribution in [1.29, 1.82) is 0 Å². The van der Waals surface area contributed by atoms with Gasteiger partial charge in [-0.2, -0.15) is 0 Å². The molecule has 1 N–H and O–H groups in total. The topological polar surface area (TPSA) is 58.6 Å². The van der Waals surface area contributed by atoms with Crippen LogP contribution in [0.4, 0.5) is 10.5 Å². The summed E-state index contributed by atoms with van der Waals surface area (Å²) in [5, 5.41) is 2.88. The largest absolute Gasteiger partial charge is 0.452 e. The fourth-order valence-electron chi connectivity index (χ4n) is 2.25. The van der Waals surface area contributed by atoms with Crippen LogP contribution in [-0.2, 0) is 11.2 Å². The van der Waals surface area contributed by atoms with E-state index in [2.05, 4.69) is 5.32 Å². The first-order valence-electron chi connectivity index (χ1n) is 7.36. The van der Waals surface area contributed by atoms with Crippen molar-refractivity contribution in [3.8, 4) is 0 Å². The van der Waals surface area contributed by atoms with Gasteiger partial charge in [0.05, 0.1) is 18.4 Å². The van der Waals surface area contributed by atoms with E-state index in [4.69, 9.17) is 4.74 Å². The Labute approximate surface area is 135 Å². The lowest BCUT2D eigenvalue weighted by Crippen LogP contribution is -2.31. The van der Waals surface area contributed by atoms with E-state index < -0.39 is 6.09 Å². The Bertz CT molecular complexity index is 671. The lowest BCUT2D eigenvalue weighted by atomic mass is 10.1. The highest BCUT2D eigenvalue weighted by Gasteiger charge is 2.18. The molecule has 2 aromatic rings. The maximum absolute atomic E-state index is 12.4. The van der Waals surface area contributed by atoms with Crippen LogP contribution in [0.3, 0.4) is 0 Å². The molecule has 2 rings (SSSR count). The molecule has 0 heterocycles. The van der Waals surface area contributed by atoms with Gasteiger partial charge in [0.2, 0.25) is 0 Å². The molecule has 0 fully saturated rings. The van der Waals surface area contributed by atoms with E-state index in [0.717, 1.165) is 12.0 Å². The second-order valence-electron chi connectivity index (χ2n) is 5.04. The molecule has 5 heteroatoms. The predicted octanol–water partition coefficient (Wildman–Crippen LogP) is 2.86. The quantitative estimate of drug-likeness (QED) is 0.923. The summed E-state index contributed by atoms with van der Waals surface area (Å²) < 4.78 is 4.70. The number of ether oxygens (including phenoxy) is 1. The third kappa shape index (κ3) is 4.32. The number of amides is 2. The molecule has 0 aliphatic rings. The smallest absolute Gasteiger partial charge is 0.413 e. The van der Waals surface area contributed by atoms with Crippen molar-refractivity contribution in [3.05, 3.63) is 65.7 Å². The average Bonchev–Trinajstić information content (AvgIpc) is 2.61. The first-order chi connectivity index (χ1) is 11.1. The van der Waals surface area contributed by atoms with Gasteiger partial charge >= 0.3 is 6.09 Å². The number of nitrogens with zero attached hydrogens (tertiary/aromatic N) is 1. The third-order valence-electron chi connectivity index (χ3n) is 3.50. The Morgan fingerprint density at radius 1 is 1.04 bits per heavy atom. The Morgan fingerprint density at radius 2 is 1.70 bits per heavy atom. The molecule has 0 unspecified atom stereocenters. The van der Waals surface area contributed by atoms with Gasteiger partial charge in [-0.3, -0.25) is 9.69 Å². The van der Waals surface area contributed by atoms with Gasteiger partial charge in [0, 0.05) is 13.6 Å². The maximum atomic E-state index is 12.4. The molecule has 0 saturated heterocycles. The molecule has 23 heavy (non-hydrogen) atoms. The average molecular weight is 312 g/mol. The Morgan fingerprint density at radius 3 is 2.39 bits per heavy atom. The zero-order chi connectivity index (χ0) is 16.7. The van der Waals surface area contributed by atoms with E-state index in [1.54, 1.807) is 31.3 Å². The molecular weight excluding hydrogens is 292 g/mol. The lowest BCUT2D eigenvalue weighted by molar-refractivity contribution is 0.0954. The van der Waals surface area contributed by atoms with Crippen molar-refractivity contribution < 1.29 is 14.3 Å².